The molecule has 6 nitrogen and oxygen atoms in total. The first-order chi connectivity index (χ1) is 15.4. The Balaban J connectivity index is 1.65. The number of methoxy groups -OCH3 is 1. The predicted molar refractivity (Wildman–Crippen MR) is 129 cm³/mol. The summed E-state index contributed by atoms with van der Waals surface area (Å²) < 4.78 is 11.4. The van der Waals surface area contributed by atoms with Gasteiger partial charge in [0.1, 0.15) is 6.61 Å². The largest absolute Gasteiger partial charge is 0.493 e. The van der Waals surface area contributed by atoms with Crippen LogP contribution in [0.3, 0.4) is 0 Å². The van der Waals surface area contributed by atoms with Crippen LogP contribution < -0.4 is 14.8 Å². The third-order valence-corrected chi connectivity index (χ3v) is 5.65. The Labute approximate surface area is 190 Å². The summed E-state index contributed by atoms with van der Waals surface area (Å²) in [4.78, 5) is 19.7. The van der Waals surface area contributed by atoms with Crippen molar-refractivity contribution in [1.29, 1.82) is 0 Å². The number of amides is 1. The molecule has 0 saturated heterocycles. The summed E-state index contributed by atoms with van der Waals surface area (Å²) in [6.07, 6.45) is 0. The second-order valence-corrected chi connectivity index (χ2v) is 7.86. The standard InChI is InChI=1S/C26H33N3O3/c1-6-29(7-2)12-13-32-24-11-9-20(15-25(24)31-5)17-27-26(30)22-16-21-14-18(3)8-10-23(21)28-19(22)4/h8-11,14-16H,6-7,12-13,17H2,1-5H3,(H,27,30). The zero-order valence-corrected chi connectivity index (χ0v) is 19.7. The van der Waals surface area contributed by atoms with Crippen molar-refractivity contribution < 1.29 is 14.3 Å². The number of aromatic nitrogens is 1. The van der Waals surface area contributed by atoms with Crippen molar-refractivity contribution in [1.82, 2.24) is 15.2 Å². The topological polar surface area (TPSA) is 63.7 Å². The van der Waals surface area contributed by atoms with Gasteiger partial charge in [-0.25, -0.2) is 0 Å². The average molecular weight is 436 g/mol. The fraction of sp³-hybridized carbons (Fsp3) is 0.385. The molecule has 0 aliphatic rings. The molecule has 0 aliphatic heterocycles. The lowest BCUT2D eigenvalue weighted by molar-refractivity contribution is 0.0950. The summed E-state index contributed by atoms with van der Waals surface area (Å²) in [5.74, 6) is 1.23. The minimum Gasteiger partial charge on any atom is -0.493 e. The summed E-state index contributed by atoms with van der Waals surface area (Å²) in [6, 6.07) is 13.7. The Morgan fingerprint density at radius 3 is 2.53 bits per heavy atom. The number of likely N-dealkylation sites (N-methyl/N-ethyl adjacent to an activating group) is 1. The van der Waals surface area contributed by atoms with Gasteiger partial charge in [0, 0.05) is 18.5 Å². The molecule has 0 spiro atoms. The maximum atomic E-state index is 12.8. The van der Waals surface area contributed by atoms with E-state index in [2.05, 4.69) is 29.0 Å². The molecule has 0 unspecified atom stereocenters. The number of carbonyl (C=O) groups is 1. The van der Waals surface area contributed by atoms with E-state index >= 15 is 0 Å². The van der Waals surface area contributed by atoms with Crippen LogP contribution in [0.5, 0.6) is 11.5 Å². The highest BCUT2D eigenvalue weighted by Gasteiger charge is 2.13. The minimum atomic E-state index is -0.142. The first-order valence-electron chi connectivity index (χ1n) is 11.1. The second-order valence-electron chi connectivity index (χ2n) is 7.86. The van der Waals surface area contributed by atoms with E-state index in [0.29, 0.717) is 35.9 Å². The van der Waals surface area contributed by atoms with Crippen molar-refractivity contribution in [3.05, 3.63) is 64.8 Å². The molecule has 0 fully saturated rings. The van der Waals surface area contributed by atoms with Gasteiger partial charge in [-0.05, 0) is 62.8 Å². The van der Waals surface area contributed by atoms with Gasteiger partial charge in [0.2, 0.25) is 0 Å². The molecule has 2 aromatic carbocycles. The highest BCUT2D eigenvalue weighted by atomic mass is 16.5. The number of hydrogen-bond donors (Lipinski definition) is 1. The van der Waals surface area contributed by atoms with Crippen LogP contribution in [-0.4, -0.2) is 49.1 Å². The molecular weight excluding hydrogens is 402 g/mol. The molecule has 0 bridgehead atoms. The third kappa shape index (κ3) is 5.77. The minimum absolute atomic E-state index is 0.142. The van der Waals surface area contributed by atoms with Crippen LogP contribution in [0.1, 0.15) is 41.0 Å². The van der Waals surface area contributed by atoms with Crippen molar-refractivity contribution in [2.24, 2.45) is 0 Å². The fourth-order valence-corrected chi connectivity index (χ4v) is 3.67. The Morgan fingerprint density at radius 2 is 1.81 bits per heavy atom. The van der Waals surface area contributed by atoms with Crippen molar-refractivity contribution >= 4 is 16.8 Å². The van der Waals surface area contributed by atoms with Gasteiger partial charge in [0.15, 0.2) is 11.5 Å². The molecule has 3 rings (SSSR count). The number of ether oxygens (including phenoxy) is 2. The molecular formula is C26H33N3O3. The van der Waals surface area contributed by atoms with E-state index in [0.717, 1.165) is 41.7 Å². The number of fused-ring (bicyclic) bond motifs is 1. The van der Waals surface area contributed by atoms with Crippen LogP contribution in [0.15, 0.2) is 42.5 Å². The number of carbonyl (C=O) groups excluding carboxylic acids is 1. The molecule has 0 radical (unpaired) electrons. The van der Waals surface area contributed by atoms with E-state index in [-0.39, 0.29) is 5.91 Å². The normalized spacial score (nSPS) is 11.1. The summed E-state index contributed by atoms with van der Waals surface area (Å²) in [5.41, 5.74) is 4.28. The van der Waals surface area contributed by atoms with E-state index < -0.39 is 0 Å². The number of aryl methyl sites for hydroxylation is 2. The van der Waals surface area contributed by atoms with Crippen LogP contribution in [-0.2, 0) is 6.54 Å². The van der Waals surface area contributed by atoms with E-state index in [1.165, 1.54) is 0 Å². The maximum absolute atomic E-state index is 12.8. The summed E-state index contributed by atoms with van der Waals surface area (Å²) in [6.45, 7) is 12.0. The second kappa shape index (κ2) is 11.0. The zero-order valence-electron chi connectivity index (χ0n) is 19.7. The van der Waals surface area contributed by atoms with Gasteiger partial charge in [-0.2, -0.15) is 0 Å². The summed E-state index contributed by atoms with van der Waals surface area (Å²) in [7, 11) is 1.63. The fourth-order valence-electron chi connectivity index (χ4n) is 3.67. The van der Waals surface area contributed by atoms with E-state index in [1.807, 2.05) is 56.3 Å². The van der Waals surface area contributed by atoms with E-state index in [1.54, 1.807) is 7.11 Å². The van der Waals surface area contributed by atoms with Gasteiger partial charge in [-0.15, -0.1) is 0 Å². The monoisotopic (exact) mass is 435 g/mol. The molecule has 1 N–H and O–H groups in total. The molecule has 3 aromatic rings. The quantitative estimate of drug-likeness (QED) is 0.508. The predicted octanol–water partition coefficient (Wildman–Crippen LogP) is 4.51. The maximum Gasteiger partial charge on any atom is 0.253 e. The lowest BCUT2D eigenvalue weighted by atomic mass is 10.1. The Hall–Kier alpha value is -3.12. The van der Waals surface area contributed by atoms with Gasteiger partial charge in [-0.1, -0.05) is 31.5 Å². The lowest BCUT2D eigenvalue weighted by Gasteiger charge is -2.19. The number of benzene rings is 2. The Kier molecular flexibility index (Phi) is 8.06. The molecule has 0 atom stereocenters. The molecule has 1 aromatic heterocycles. The number of nitrogens with zero attached hydrogens (tertiary/aromatic N) is 2. The Morgan fingerprint density at radius 1 is 1.03 bits per heavy atom. The van der Waals surface area contributed by atoms with Crippen molar-refractivity contribution in [2.75, 3.05) is 33.4 Å². The molecule has 1 heterocycles. The number of hydrogen-bond acceptors (Lipinski definition) is 5. The number of pyridine rings is 1. The van der Waals surface area contributed by atoms with Crippen molar-refractivity contribution in [3.8, 4) is 11.5 Å². The highest BCUT2D eigenvalue weighted by molar-refractivity contribution is 5.98. The van der Waals surface area contributed by atoms with Gasteiger partial charge >= 0.3 is 0 Å². The molecule has 6 heteroatoms. The van der Waals surface area contributed by atoms with Crippen molar-refractivity contribution in [2.45, 2.75) is 34.2 Å². The molecule has 0 aliphatic carbocycles. The molecule has 32 heavy (non-hydrogen) atoms. The van der Waals surface area contributed by atoms with Gasteiger partial charge in [-0.3, -0.25) is 9.78 Å². The van der Waals surface area contributed by atoms with E-state index in [9.17, 15) is 4.79 Å². The molecule has 1 amide bonds. The first-order valence-corrected chi connectivity index (χ1v) is 11.1. The Bertz CT molecular complexity index is 1080. The van der Waals surface area contributed by atoms with Crippen LogP contribution >= 0.6 is 0 Å². The van der Waals surface area contributed by atoms with Crippen molar-refractivity contribution in [3.63, 3.8) is 0 Å². The third-order valence-electron chi connectivity index (χ3n) is 5.65. The van der Waals surface area contributed by atoms with Crippen LogP contribution in [0.2, 0.25) is 0 Å². The SMILES string of the molecule is CCN(CC)CCOc1ccc(CNC(=O)c2cc3cc(C)ccc3nc2C)cc1OC. The smallest absolute Gasteiger partial charge is 0.253 e. The van der Waals surface area contributed by atoms with Gasteiger partial charge < -0.3 is 19.7 Å². The zero-order chi connectivity index (χ0) is 23.1. The van der Waals surface area contributed by atoms with Crippen LogP contribution in [0.25, 0.3) is 10.9 Å². The van der Waals surface area contributed by atoms with Gasteiger partial charge in [0.25, 0.3) is 5.91 Å². The molecule has 0 saturated carbocycles. The van der Waals surface area contributed by atoms with Crippen LogP contribution in [0, 0.1) is 13.8 Å². The lowest BCUT2D eigenvalue weighted by Crippen LogP contribution is -2.28. The average Bonchev–Trinajstić information content (AvgIpc) is 2.80. The summed E-state index contributed by atoms with van der Waals surface area (Å²) >= 11 is 0. The molecule has 170 valence electrons. The van der Waals surface area contributed by atoms with Gasteiger partial charge in [0.05, 0.1) is 23.9 Å². The number of rotatable bonds is 10. The summed E-state index contributed by atoms with van der Waals surface area (Å²) in [5, 5.41) is 3.96. The highest BCUT2D eigenvalue weighted by Crippen LogP contribution is 2.28. The van der Waals surface area contributed by atoms with Crippen LogP contribution in [0.4, 0.5) is 0 Å². The number of nitrogens with one attached hydrogen (secondary N) is 1. The van der Waals surface area contributed by atoms with E-state index in [4.69, 9.17) is 9.47 Å². The first kappa shape index (κ1) is 23.5.